The molecule has 0 atom stereocenters. The highest BCUT2D eigenvalue weighted by molar-refractivity contribution is 5.94. The lowest BCUT2D eigenvalue weighted by molar-refractivity contribution is 0.0746. The van der Waals surface area contributed by atoms with E-state index in [2.05, 4.69) is 15.1 Å². The number of rotatable bonds is 4. The van der Waals surface area contributed by atoms with Crippen LogP contribution in [-0.2, 0) is 0 Å². The molecule has 0 radical (unpaired) electrons. The van der Waals surface area contributed by atoms with Crippen molar-refractivity contribution in [2.75, 3.05) is 38.2 Å². The number of benzene rings is 2. The van der Waals surface area contributed by atoms with E-state index in [1.165, 1.54) is 0 Å². The Labute approximate surface area is 170 Å². The number of hydrogen-bond donors (Lipinski definition) is 0. The van der Waals surface area contributed by atoms with Crippen molar-refractivity contribution in [3.05, 3.63) is 71.8 Å². The van der Waals surface area contributed by atoms with Crippen LogP contribution in [0, 0.1) is 6.92 Å². The molecule has 29 heavy (non-hydrogen) atoms. The summed E-state index contributed by atoms with van der Waals surface area (Å²) in [4.78, 5) is 16.7. The molecule has 2 aromatic carbocycles. The van der Waals surface area contributed by atoms with E-state index in [-0.39, 0.29) is 5.91 Å². The summed E-state index contributed by atoms with van der Waals surface area (Å²) in [6.45, 7) is 4.83. The summed E-state index contributed by atoms with van der Waals surface area (Å²) in [6.07, 6.45) is 0. The van der Waals surface area contributed by atoms with Crippen molar-refractivity contribution in [1.82, 2.24) is 15.1 Å². The van der Waals surface area contributed by atoms with Gasteiger partial charge < -0.3 is 14.5 Å². The SMILES string of the molecule is COc1ccccc1-c1ccc(N2CCN(C(=O)c3ccc(C)cc3)CC2)nn1. The Kier molecular flexibility index (Phi) is 5.42. The van der Waals surface area contributed by atoms with Crippen molar-refractivity contribution in [3.8, 4) is 17.0 Å². The Bertz CT molecular complexity index is 979. The van der Waals surface area contributed by atoms with Gasteiger partial charge in [-0.3, -0.25) is 4.79 Å². The number of para-hydroxylation sites is 1. The summed E-state index contributed by atoms with van der Waals surface area (Å²) in [5, 5.41) is 8.80. The Balaban J connectivity index is 1.41. The average molecular weight is 388 g/mol. The predicted molar refractivity (Wildman–Crippen MR) is 113 cm³/mol. The minimum atomic E-state index is 0.0854. The fourth-order valence-electron chi connectivity index (χ4n) is 3.51. The van der Waals surface area contributed by atoms with Crippen LogP contribution in [0.4, 0.5) is 5.82 Å². The lowest BCUT2D eigenvalue weighted by Crippen LogP contribution is -2.49. The number of nitrogens with zero attached hydrogens (tertiary/aromatic N) is 4. The van der Waals surface area contributed by atoms with Crippen molar-refractivity contribution in [3.63, 3.8) is 0 Å². The van der Waals surface area contributed by atoms with E-state index in [1.54, 1.807) is 7.11 Å². The summed E-state index contributed by atoms with van der Waals surface area (Å²) in [7, 11) is 1.65. The fraction of sp³-hybridized carbons (Fsp3) is 0.261. The van der Waals surface area contributed by atoms with E-state index in [0.717, 1.165) is 47.0 Å². The maximum atomic E-state index is 12.7. The number of methoxy groups -OCH3 is 1. The number of aryl methyl sites for hydroxylation is 1. The molecule has 148 valence electrons. The molecule has 0 bridgehead atoms. The third kappa shape index (κ3) is 4.06. The average Bonchev–Trinajstić information content (AvgIpc) is 2.79. The zero-order valence-corrected chi connectivity index (χ0v) is 16.7. The number of aromatic nitrogens is 2. The number of carbonyl (C=O) groups is 1. The monoisotopic (exact) mass is 388 g/mol. The highest BCUT2D eigenvalue weighted by Crippen LogP contribution is 2.28. The lowest BCUT2D eigenvalue weighted by Gasteiger charge is -2.35. The van der Waals surface area contributed by atoms with Gasteiger partial charge >= 0.3 is 0 Å². The van der Waals surface area contributed by atoms with Crippen LogP contribution in [0.3, 0.4) is 0 Å². The van der Waals surface area contributed by atoms with Gasteiger partial charge in [-0.2, -0.15) is 0 Å². The molecular formula is C23H24N4O2. The molecule has 1 aliphatic rings. The van der Waals surface area contributed by atoms with Crippen LogP contribution in [-0.4, -0.2) is 54.3 Å². The van der Waals surface area contributed by atoms with Crippen LogP contribution in [0.15, 0.2) is 60.7 Å². The molecule has 0 aliphatic carbocycles. The highest BCUT2D eigenvalue weighted by Gasteiger charge is 2.23. The van der Waals surface area contributed by atoms with Crippen LogP contribution in [0.25, 0.3) is 11.3 Å². The minimum absolute atomic E-state index is 0.0854. The van der Waals surface area contributed by atoms with Crippen LogP contribution >= 0.6 is 0 Å². The Morgan fingerprint density at radius 3 is 2.28 bits per heavy atom. The molecule has 1 aliphatic heterocycles. The molecule has 6 nitrogen and oxygen atoms in total. The van der Waals surface area contributed by atoms with Crippen molar-refractivity contribution < 1.29 is 9.53 Å². The second-order valence-electron chi connectivity index (χ2n) is 7.12. The standard InChI is InChI=1S/C23H24N4O2/c1-17-7-9-18(10-8-17)23(28)27-15-13-26(14-16-27)22-12-11-20(24-25-22)19-5-3-4-6-21(19)29-2/h3-12H,13-16H2,1-2H3. The van der Waals surface area contributed by atoms with Crippen molar-refractivity contribution in [1.29, 1.82) is 0 Å². The van der Waals surface area contributed by atoms with Gasteiger partial charge in [0.2, 0.25) is 0 Å². The van der Waals surface area contributed by atoms with E-state index in [0.29, 0.717) is 13.1 Å². The molecule has 1 fully saturated rings. The van der Waals surface area contributed by atoms with Gasteiger partial charge in [0.25, 0.3) is 5.91 Å². The van der Waals surface area contributed by atoms with E-state index in [1.807, 2.05) is 72.5 Å². The second kappa shape index (κ2) is 8.31. The van der Waals surface area contributed by atoms with Crippen LogP contribution in [0.5, 0.6) is 5.75 Å². The number of piperazine rings is 1. The van der Waals surface area contributed by atoms with Gasteiger partial charge in [0.15, 0.2) is 5.82 Å². The van der Waals surface area contributed by atoms with Crippen molar-refractivity contribution >= 4 is 11.7 Å². The highest BCUT2D eigenvalue weighted by atomic mass is 16.5. The molecule has 3 aromatic rings. The van der Waals surface area contributed by atoms with Gasteiger partial charge in [0.05, 0.1) is 12.8 Å². The largest absolute Gasteiger partial charge is 0.496 e. The normalized spacial score (nSPS) is 14.0. The molecule has 0 saturated carbocycles. The lowest BCUT2D eigenvalue weighted by atomic mass is 10.1. The van der Waals surface area contributed by atoms with Gasteiger partial charge in [0.1, 0.15) is 5.75 Å². The zero-order valence-electron chi connectivity index (χ0n) is 16.7. The molecule has 1 amide bonds. The third-order valence-corrected chi connectivity index (χ3v) is 5.22. The molecule has 6 heteroatoms. The number of ether oxygens (including phenoxy) is 1. The first-order valence-corrected chi connectivity index (χ1v) is 9.74. The fourth-order valence-corrected chi connectivity index (χ4v) is 3.51. The van der Waals surface area contributed by atoms with E-state index in [9.17, 15) is 4.79 Å². The van der Waals surface area contributed by atoms with Crippen LogP contribution < -0.4 is 9.64 Å². The molecule has 2 heterocycles. The molecule has 0 N–H and O–H groups in total. The first-order valence-electron chi connectivity index (χ1n) is 9.74. The van der Waals surface area contributed by atoms with Gasteiger partial charge in [-0.25, -0.2) is 0 Å². The molecule has 4 rings (SSSR count). The second-order valence-corrected chi connectivity index (χ2v) is 7.12. The molecule has 0 spiro atoms. The zero-order chi connectivity index (χ0) is 20.2. The van der Waals surface area contributed by atoms with Gasteiger partial charge in [-0.05, 0) is 43.3 Å². The maximum Gasteiger partial charge on any atom is 0.253 e. The Morgan fingerprint density at radius 1 is 0.897 bits per heavy atom. The first kappa shape index (κ1) is 18.9. The van der Waals surface area contributed by atoms with Gasteiger partial charge in [-0.15, -0.1) is 10.2 Å². The summed E-state index contributed by atoms with van der Waals surface area (Å²) in [5.41, 5.74) is 3.59. The van der Waals surface area contributed by atoms with Gasteiger partial charge in [0, 0.05) is 37.3 Å². The van der Waals surface area contributed by atoms with Crippen molar-refractivity contribution in [2.24, 2.45) is 0 Å². The summed E-state index contributed by atoms with van der Waals surface area (Å²) >= 11 is 0. The van der Waals surface area contributed by atoms with Crippen molar-refractivity contribution in [2.45, 2.75) is 6.92 Å². The predicted octanol–water partition coefficient (Wildman–Crippen LogP) is 3.42. The summed E-state index contributed by atoms with van der Waals surface area (Å²) in [6, 6.07) is 19.4. The maximum absolute atomic E-state index is 12.7. The number of amides is 1. The minimum Gasteiger partial charge on any atom is -0.496 e. The Hall–Kier alpha value is -3.41. The Morgan fingerprint density at radius 2 is 1.62 bits per heavy atom. The molecule has 1 saturated heterocycles. The molecular weight excluding hydrogens is 364 g/mol. The van der Waals surface area contributed by atoms with Crippen LogP contribution in [0.1, 0.15) is 15.9 Å². The van der Waals surface area contributed by atoms with Crippen LogP contribution in [0.2, 0.25) is 0 Å². The van der Waals surface area contributed by atoms with E-state index < -0.39 is 0 Å². The van der Waals surface area contributed by atoms with Gasteiger partial charge in [-0.1, -0.05) is 29.8 Å². The summed E-state index contributed by atoms with van der Waals surface area (Å²) in [5.74, 6) is 1.69. The smallest absolute Gasteiger partial charge is 0.253 e. The van der Waals surface area contributed by atoms with E-state index >= 15 is 0 Å². The first-order chi connectivity index (χ1) is 14.2. The summed E-state index contributed by atoms with van der Waals surface area (Å²) < 4.78 is 5.41. The molecule has 1 aromatic heterocycles. The number of carbonyl (C=O) groups excluding carboxylic acids is 1. The third-order valence-electron chi connectivity index (χ3n) is 5.22. The topological polar surface area (TPSA) is 58.6 Å². The number of hydrogen-bond acceptors (Lipinski definition) is 5. The number of anilines is 1. The van der Waals surface area contributed by atoms with E-state index in [4.69, 9.17) is 4.74 Å². The molecule has 0 unspecified atom stereocenters. The quantitative estimate of drug-likeness (QED) is 0.685.